The number of hydrogen-bond acceptors (Lipinski definition) is 4. The number of ether oxygens (including phenoxy) is 1. The third-order valence-electron chi connectivity index (χ3n) is 2.91. The van der Waals surface area contributed by atoms with Crippen molar-refractivity contribution < 1.29 is 9.53 Å². The number of likely N-dealkylation sites (tertiary alicyclic amines) is 1. The van der Waals surface area contributed by atoms with Gasteiger partial charge in [-0.1, -0.05) is 0 Å². The third kappa shape index (κ3) is 3.91. The molecule has 0 saturated carbocycles. The molecule has 0 aliphatic carbocycles. The molecule has 1 aliphatic rings. The molecular weight excluding hydrogens is 192 g/mol. The Labute approximate surface area is 91.5 Å². The van der Waals surface area contributed by atoms with E-state index in [-0.39, 0.29) is 5.97 Å². The summed E-state index contributed by atoms with van der Waals surface area (Å²) in [6.45, 7) is 2.25. The van der Waals surface area contributed by atoms with Crippen LogP contribution in [-0.2, 0) is 9.53 Å². The summed E-state index contributed by atoms with van der Waals surface area (Å²) in [5, 5.41) is 0. The maximum atomic E-state index is 10.9. The summed E-state index contributed by atoms with van der Waals surface area (Å²) in [4.78, 5) is 15.3. The molecule has 1 fully saturated rings. The van der Waals surface area contributed by atoms with Crippen LogP contribution in [0.2, 0.25) is 0 Å². The smallest absolute Gasteiger partial charge is 0.331 e. The normalized spacial score (nSPS) is 19.4. The molecule has 0 N–H and O–H groups in total. The molecule has 4 heteroatoms. The number of nitrogens with zero attached hydrogens (tertiary/aromatic N) is 2. The number of carbonyl (C=O) groups excluding carboxylic acids is 1. The standard InChI is InChI=1S/C11H20N2O2/c1-12-7-4-10(5-8-12)13(2)9-6-11(14)15-3/h6,9-10H,4-5,7-8H2,1-3H3. The zero-order valence-electron chi connectivity index (χ0n) is 9.77. The van der Waals surface area contributed by atoms with Gasteiger partial charge in [-0.3, -0.25) is 0 Å². The van der Waals surface area contributed by atoms with E-state index in [1.807, 2.05) is 13.2 Å². The van der Waals surface area contributed by atoms with E-state index in [9.17, 15) is 4.79 Å². The number of piperidine rings is 1. The molecule has 0 aromatic rings. The lowest BCUT2D eigenvalue weighted by Crippen LogP contribution is -2.39. The second kappa shape index (κ2) is 5.75. The Morgan fingerprint density at radius 3 is 2.60 bits per heavy atom. The Hall–Kier alpha value is -1.03. The zero-order valence-corrected chi connectivity index (χ0v) is 9.77. The zero-order chi connectivity index (χ0) is 11.3. The van der Waals surface area contributed by atoms with Crippen molar-refractivity contribution >= 4 is 5.97 Å². The van der Waals surface area contributed by atoms with Gasteiger partial charge in [-0.15, -0.1) is 0 Å². The molecule has 0 bridgehead atoms. The number of methoxy groups -OCH3 is 1. The van der Waals surface area contributed by atoms with Gasteiger partial charge >= 0.3 is 5.97 Å². The summed E-state index contributed by atoms with van der Waals surface area (Å²) in [5.41, 5.74) is 0. The van der Waals surface area contributed by atoms with Gasteiger partial charge in [0, 0.05) is 25.4 Å². The minimum Gasteiger partial charge on any atom is -0.466 e. The first-order valence-electron chi connectivity index (χ1n) is 5.30. The molecule has 1 rings (SSSR count). The Balaban J connectivity index is 2.37. The van der Waals surface area contributed by atoms with Crippen LogP contribution in [-0.4, -0.2) is 56.1 Å². The van der Waals surface area contributed by atoms with E-state index in [1.165, 1.54) is 13.2 Å². The fourth-order valence-electron chi connectivity index (χ4n) is 1.77. The fourth-order valence-corrected chi connectivity index (χ4v) is 1.77. The summed E-state index contributed by atoms with van der Waals surface area (Å²) in [7, 11) is 5.54. The van der Waals surface area contributed by atoms with Crippen LogP contribution in [0.5, 0.6) is 0 Å². The maximum absolute atomic E-state index is 10.9. The van der Waals surface area contributed by atoms with E-state index in [0.29, 0.717) is 6.04 Å². The highest BCUT2D eigenvalue weighted by atomic mass is 16.5. The van der Waals surface area contributed by atoms with Crippen LogP contribution >= 0.6 is 0 Å². The molecule has 0 atom stereocenters. The summed E-state index contributed by atoms with van der Waals surface area (Å²) in [6, 6.07) is 0.544. The van der Waals surface area contributed by atoms with Crippen LogP contribution in [0.1, 0.15) is 12.8 Å². The minimum absolute atomic E-state index is 0.297. The van der Waals surface area contributed by atoms with Gasteiger partial charge in [0.15, 0.2) is 0 Å². The van der Waals surface area contributed by atoms with Gasteiger partial charge in [-0.05, 0) is 33.0 Å². The lowest BCUT2D eigenvalue weighted by Gasteiger charge is -2.34. The fraction of sp³-hybridized carbons (Fsp3) is 0.727. The molecular formula is C11H20N2O2. The highest BCUT2D eigenvalue weighted by Gasteiger charge is 2.18. The molecule has 4 nitrogen and oxygen atoms in total. The molecule has 0 radical (unpaired) electrons. The molecule has 1 heterocycles. The second-order valence-electron chi connectivity index (χ2n) is 4.04. The van der Waals surface area contributed by atoms with Gasteiger partial charge in [0.1, 0.15) is 0 Å². The number of rotatable bonds is 3. The lowest BCUT2D eigenvalue weighted by molar-refractivity contribution is -0.134. The third-order valence-corrected chi connectivity index (χ3v) is 2.91. The highest BCUT2D eigenvalue weighted by molar-refractivity contribution is 5.81. The van der Waals surface area contributed by atoms with Crippen molar-refractivity contribution in [3.8, 4) is 0 Å². The van der Waals surface area contributed by atoms with Gasteiger partial charge in [-0.25, -0.2) is 4.79 Å². The Bertz CT molecular complexity index is 233. The highest BCUT2D eigenvalue weighted by Crippen LogP contribution is 2.14. The molecule has 0 spiro atoms. The topological polar surface area (TPSA) is 32.8 Å². The first-order chi connectivity index (χ1) is 7.13. The lowest BCUT2D eigenvalue weighted by atomic mass is 10.0. The van der Waals surface area contributed by atoms with Crippen molar-refractivity contribution in [3.63, 3.8) is 0 Å². The molecule has 0 aromatic heterocycles. The van der Waals surface area contributed by atoms with Crippen molar-refractivity contribution in [1.82, 2.24) is 9.80 Å². The van der Waals surface area contributed by atoms with Crippen LogP contribution < -0.4 is 0 Å². The first kappa shape index (κ1) is 12.0. The van der Waals surface area contributed by atoms with Gasteiger partial charge in [-0.2, -0.15) is 0 Å². The Kier molecular flexibility index (Phi) is 4.62. The summed E-state index contributed by atoms with van der Waals surface area (Å²) < 4.78 is 4.54. The van der Waals surface area contributed by atoms with E-state index in [2.05, 4.69) is 21.6 Å². The van der Waals surface area contributed by atoms with Crippen LogP contribution in [0.25, 0.3) is 0 Å². The molecule has 0 aromatic carbocycles. The number of esters is 1. The monoisotopic (exact) mass is 212 g/mol. The van der Waals surface area contributed by atoms with Gasteiger partial charge in [0.2, 0.25) is 0 Å². The first-order valence-corrected chi connectivity index (χ1v) is 5.30. The summed E-state index contributed by atoms with van der Waals surface area (Å²) >= 11 is 0. The van der Waals surface area contributed by atoms with E-state index in [0.717, 1.165) is 25.9 Å². The Morgan fingerprint density at radius 2 is 2.07 bits per heavy atom. The van der Waals surface area contributed by atoms with Gasteiger partial charge in [0.05, 0.1) is 7.11 Å². The van der Waals surface area contributed by atoms with Crippen LogP contribution in [0.4, 0.5) is 0 Å². The van der Waals surface area contributed by atoms with Gasteiger partial charge in [0.25, 0.3) is 0 Å². The summed E-state index contributed by atoms with van der Waals surface area (Å²) in [5.74, 6) is -0.297. The average Bonchev–Trinajstić information content (AvgIpc) is 2.26. The average molecular weight is 212 g/mol. The molecule has 1 saturated heterocycles. The van der Waals surface area contributed by atoms with E-state index in [4.69, 9.17) is 0 Å². The van der Waals surface area contributed by atoms with E-state index < -0.39 is 0 Å². The van der Waals surface area contributed by atoms with Crippen LogP contribution in [0.15, 0.2) is 12.3 Å². The number of carbonyl (C=O) groups is 1. The van der Waals surface area contributed by atoms with Crippen LogP contribution in [0, 0.1) is 0 Å². The molecule has 1 aliphatic heterocycles. The van der Waals surface area contributed by atoms with Crippen molar-refractivity contribution in [2.75, 3.05) is 34.3 Å². The van der Waals surface area contributed by atoms with Gasteiger partial charge < -0.3 is 14.5 Å². The molecule has 0 unspecified atom stereocenters. The SMILES string of the molecule is COC(=O)C=CN(C)C1CCN(C)CC1. The molecule has 0 amide bonds. The quantitative estimate of drug-likeness (QED) is 0.509. The van der Waals surface area contributed by atoms with E-state index >= 15 is 0 Å². The molecule has 15 heavy (non-hydrogen) atoms. The predicted molar refractivity (Wildman–Crippen MR) is 59.4 cm³/mol. The predicted octanol–water partition coefficient (Wildman–Crippen LogP) is 0.699. The maximum Gasteiger partial charge on any atom is 0.331 e. The van der Waals surface area contributed by atoms with Crippen molar-refractivity contribution in [2.45, 2.75) is 18.9 Å². The summed E-state index contributed by atoms with van der Waals surface area (Å²) in [6.07, 6.45) is 5.58. The second-order valence-corrected chi connectivity index (χ2v) is 4.04. The van der Waals surface area contributed by atoms with Crippen molar-refractivity contribution in [1.29, 1.82) is 0 Å². The van der Waals surface area contributed by atoms with Crippen molar-refractivity contribution in [2.24, 2.45) is 0 Å². The van der Waals surface area contributed by atoms with Crippen molar-refractivity contribution in [3.05, 3.63) is 12.3 Å². The minimum atomic E-state index is -0.297. The van der Waals surface area contributed by atoms with Crippen LogP contribution in [0.3, 0.4) is 0 Å². The Morgan fingerprint density at radius 1 is 1.47 bits per heavy atom. The number of hydrogen-bond donors (Lipinski definition) is 0. The molecule has 86 valence electrons. The largest absolute Gasteiger partial charge is 0.466 e. The van der Waals surface area contributed by atoms with E-state index in [1.54, 1.807) is 0 Å².